The second-order valence-electron chi connectivity index (χ2n) is 2.32. The molecule has 0 saturated carbocycles. The zero-order chi connectivity index (χ0) is 8.97. The third kappa shape index (κ3) is 1.98. The number of rotatable bonds is 3. The van der Waals surface area contributed by atoms with Crippen LogP contribution >= 0.6 is 12.6 Å². The Bertz CT molecular complexity index is 265. The van der Waals surface area contributed by atoms with Gasteiger partial charge >= 0.3 is 0 Å². The molecule has 0 spiro atoms. The lowest BCUT2D eigenvalue weighted by Crippen LogP contribution is -2.02. The molecule has 0 fully saturated rings. The van der Waals surface area contributed by atoms with E-state index in [1.165, 1.54) is 6.07 Å². The standard InChI is InChI=1S/C8H11NO2S/c10-7-3-1-2-6(8(7)11)9-4-5-12/h1-3,9-12H,4-5H2. The molecule has 0 heterocycles. The molecular weight excluding hydrogens is 174 g/mol. The molecule has 3 nitrogen and oxygen atoms in total. The Morgan fingerprint density at radius 2 is 2.08 bits per heavy atom. The molecule has 0 unspecified atom stereocenters. The smallest absolute Gasteiger partial charge is 0.181 e. The summed E-state index contributed by atoms with van der Waals surface area (Å²) in [4.78, 5) is 0. The first-order valence-electron chi connectivity index (χ1n) is 3.61. The van der Waals surface area contributed by atoms with E-state index in [9.17, 15) is 5.11 Å². The Labute approximate surface area is 76.5 Å². The highest BCUT2D eigenvalue weighted by atomic mass is 32.1. The van der Waals surface area contributed by atoms with Crippen molar-refractivity contribution in [3.63, 3.8) is 0 Å². The lowest BCUT2D eigenvalue weighted by Gasteiger charge is -2.07. The Morgan fingerprint density at radius 1 is 1.33 bits per heavy atom. The van der Waals surface area contributed by atoms with Crippen LogP contribution in [0.3, 0.4) is 0 Å². The summed E-state index contributed by atoms with van der Waals surface area (Å²) in [6.45, 7) is 0.653. The lowest BCUT2D eigenvalue weighted by molar-refractivity contribution is 0.405. The van der Waals surface area contributed by atoms with Gasteiger partial charge < -0.3 is 15.5 Å². The summed E-state index contributed by atoms with van der Waals surface area (Å²) in [5.41, 5.74) is 0.532. The second-order valence-corrected chi connectivity index (χ2v) is 2.77. The van der Waals surface area contributed by atoms with Crippen LogP contribution in [0.5, 0.6) is 11.5 Å². The highest BCUT2D eigenvalue weighted by Gasteiger charge is 2.03. The van der Waals surface area contributed by atoms with Crippen LogP contribution in [-0.4, -0.2) is 22.5 Å². The SMILES string of the molecule is Oc1cccc(NCCS)c1O. The van der Waals surface area contributed by atoms with Crippen molar-refractivity contribution in [2.24, 2.45) is 0 Å². The molecule has 0 aliphatic carbocycles. The van der Waals surface area contributed by atoms with Crippen LogP contribution in [0.15, 0.2) is 18.2 Å². The number of hydrogen-bond acceptors (Lipinski definition) is 4. The summed E-state index contributed by atoms with van der Waals surface area (Å²) in [6.07, 6.45) is 0. The number of phenols is 2. The van der Waals surface area contributed by atoms with Crippen LogP contribution in [0.1, 0.15) is 0 Å². The quantitative estimate of drug-likeness (QED) is 0.426. The molecule has 0 aromatic heterocycles. The molecule has 1 aromatic carbocycles. The summed E-state index contributed by atoms with van der Waals surface area (Å²) in [7, 11) is 0. The molecule has 0 aliphatic heterocycles. The van der Waals surface area contributed by atoms with E-state index in [1.54, 1.807) is 12.1 Å². The van der Waals surface area contributed by atoms with Crippen LogP contribution in [-0.2, 0) is 0 Å². The first kappa shape index (κ1) is 9.06. The molecule has 0 saturated heterocycles. The van der Waals surface area contributed by atoms with Crippen LogP contribution in [0.4, 0.5) is 5.69 Å². The topological polar surface area (TPSA) is 52.5 Å². The van der Waals surface area contributed by atoms with Gasteiger partial charge in [0.25, 0.3) is 0 Å². The number of thiol groups is 1. The predicted molar refractivity (Wildman–Crippen MR) is 52.1 cm³/mol. The summed E-state index contributed by atoms with van der Waals surface area (Å²) in [6, 6.07) is 4.79. The van der Waals surface area contributed by atoms with Gasteiger partial charge in [0.1, 0.15) is 0 Å². The van der Waals surface area contributed by atoms with E-state index in [0.717, 1.165) is 0 Å². The van der Waals surface area contributed by atoms with Crippen molar-refractivity contribution < 1.29 is 10.2 Å². The fourth-order valence-electron chi connectivity index (χ4n) is 0.865. The van der Waals surface area contributed by atoms with Gasteiger partial charge in [0, 0.05) is 12.3 Å². The molecule has 1 aromatic rings. The fourth-order valence-corrected chi connectivity index (χ4v) is 0.976. The molecule has 0 amide bonds. The van der Waals surface area contributed by atoms with E-state index >= 15 is 0 Å². The van der Waals surface area contributed by atoms with Crippen LogP contribution in [0.2, 0.25) is 0 Å². The van der Waals surface area contributed by atoms with E-state index in [4.69, 9.17) is 5.11 Å². The number of nitrogens with one attached hydrogen (secondary N) is 1. The van der Waals surface area contributed by atoms with E-state index in [2.05, 4.69) is 17.9 Å². The maximum absolute atomic E-state index is 9.29. The molecule has 12 heavy (non-hydrogen) atoms. The van der Waals surface area contributed by atoms with Crippen molar-refractivity contribution in [2.45, 2.75) is 0 Å². The third-order valence-electron chi connectivity index (χ3n) is 1.44. The average molecular weight is 185 g/mol. The highest BCUT2D eigenvalue weighted by molar-refractivity contribution is 7.80. The van der Waals surface area contributed by atoms with E-state index in [1.807, 2.05) is 0 Å². The van der Waals surface area contributed by atoms with Gasteiger partial charge in [-0.1, -0.05) is 6.07 Å². The summed E-state index contributed by atoms with van der Waals surface area (Å²) in [5, 5.41) is 21.3. The maximum Gasteiger partial charge on any atom is 0.181 e. The molecule has 0 bridgehead atoms. The Hall–Kier alpha value is -1.03. The summed E-state index contributed by atoms with van der Waals surface area (Å²) in [5.74, 6) is 0.452. The molecular formula is C8H11NO2S. The molecule has 1 rings (SSSR count). The van der Waals surface area contributed by atoms with Gasteiger partial charge in [0.15, 0.2) is 11.5 Å². The molecule has 0 atom stereocenters. The molecule has 4 heteroatoms. The first-order valence-corrected chi connectivity index (χ1v) is 4.24. The fraction of sp³-hybridized carbons (Fsp3) is 0.250. The largest absolute Gasteiger partial charge is 0.504 e. The predicted octanol–water partition coefficient (Wildman–Crippen LogP) is 1.44. The minimum absolute atomic E-state index is 0.112. The van der Waals surface area contributed by atoms with Gasteiger partial charge in [-0.05, 0) is 12.1 Å². The average Bonchev–Trinajstić information content (AvgIpc) is 2.08. The monoisotopic (exact) mass is 185 g/mol. The van der Waals surface area contributed by atoms with Crippen molar-refractivity contribution in [1.29, 1.82) is 0 Å². The van der Waals surface area contributed by atoms with Crippen LogP contribution < -0.4 is 5.32 Å². The van der Waals surface area contributed by atoms with E-state index in [-0.39, 0.29) is 11.5 Å². The van der Waals surface area contributed by atoms with Crippen molar-refractivity contribution in [3.8, 4) is 11.5 Å². The molecule has 0 radical (unpaired) electrons. The normalized spacial score (nSPS) is 9.75. The number of anilines is 1. The second kappa shape index (κ2) is 4.11. The zero-order valence-electron chi connectivity index (χ0n) is 6.49. The maximum atomic E-state index is 9.29. The van der Waals surface area contributed by atoms with Crippen LogP contribution in [0.25, 0.3) is 0 Å². The van der Waals surface area contributed by atoms with Gasteiger partial charge in [0.2, 0.25) is 0 Å². The van der Waals surface area contributed by atoms with Gasteiger partial charge in [-0.25, -0.2) is 0 Å². The van der Waals surface area contributed by atoms with Crippen molar-refractivity contribution in [1.82, 2.24) is 0 Å². The van der Waals surface area contributed by atoms with Crippen molar-refractivity contribution in [2.75, 3.05) is 17.6 Å². The van der Waals surface area contributed by atoms with Gasteiger partial charge in [-0.3, -0.25) is 0 Å². The Morgan fingerprint density at radius 3 is 2.75 bits per heavy atom. The van der Waals surface area contributed by atoms with Gasteiger partial charge in [0.05, 0.1) is 5.69 Å². The third-order valence-corrected chi connectivity index (χ3v) is 1.67. The van der Waals surface area contributed by atoms with E-state index < -0.39 is 0 Å². The van der Waals surface area contributed by atoms with E-state index in [0.29, 0.717) is 18.0 Å². The zero-order valence-corrected chi connectivity index (χ0v) is 7.38. The number of aromatic hydroxyl groups is 2. The van der Waals surface area contributed by atoms with Crippen molar-refractivity contribution >= 4 is 18.3 Å². The lowest BCUT2D eigenvalue weighted by atomic mass is 10.2. The van der Waals surface area contributed by atoms with Gasteiger partial charge in [-0.15, -0.1) is 0 Å². The number of phenolic OH excluding ortho intramolecular Hbond substituents is 2. The van der Waals surface area contributed by atoms with Crippen molar-refractivity contribution in [3.05, 3.63) is 18.2 Å². The summed E-state index contributed by atoms with van der Waals surface area (Å²) < 4.78 is 0. The highest BCUT2D eigenvalue weighted by Crippen LogP contribution is 2.32. The minimum Gasteiger partial charge on any atom is -0.504 e. The van der Waals surface area contributed by atoms with Gasteiger partial charge in [-0.2, -0.15) is 12.6 Å². The minimum atomic E-state index is -0.112. The van der Waals surface area contributed by atoms with Crippen LogP contribution in [0, 0.1) is 0 Å². The Balaban J connectivity index is 2.78. The molecule has 0 aliphatic rings. The molecule has 3 N–H and O–H groups in total. The number of para-hydroxylation sites is 1. The summed E-state index contributed by atoms with van der Waals surface area (Å²) >= 11 is 4.00. The number of hydrogen-bond donors (Lipinski definition) is 4. The number of benzene rings is 1. The molecule has 66 valence electrons. The Kier molecular flexibility index (Phi) is 3.10. The first-order chi connectivity index (χ1) is 5.75.